The summed E-state index contributed by atoms with van der Waals surface area (Å²) in [6.07, 6.45) is 3.32. The van der Waals surface area contributed by atoms with Gasteiger partial charge in [-0.05, 0) is 49.9 Å². The van der Waals surface area contributed by atoms with Crippen molar-refractivity contribution in [1.82, 2.24) is 18.7 Å². The fourth-order valence-corrected chi connectivity index (χ4v) is 4.32. The summed E-state index contributed by atoms with van der Waals surface area (Å²) in [5, 5.41) is 1.15. The van der Waals surface area contributed by atoms with Crippen LogP contribution in [0.15, 0.2) is 27.8 Å². The van der Waals surface area contributed by atoms with Gasteiger partial charge < -0.3 is 4.90 Å². The Morgan fingerprint density at radius 2 is 1.79 bits per heavy atom. The molecule has 0 N–H and O–H groups in total. The van der Waals surface area contributed by atoms with Gasteiger partial charge in [0.2, 0.25) is 5.95 Å². The summed E-state index contributed by atoms with van der Waals surface area (Å²) in [5.41, 5.74) is 0.905. The minimum atomic E-state index is -0.361. The fraction of sp³-hybridized carbons (Fsp3) is 0.450. The molecular weight excluding hydrogens is 413 g/mol. The minimum Gasteiger partial charge on any atom is -0.342 e. The molecule has 0 radical (unpaired) electrons. The number of rotatable bonds is 4. The first kappa shape index (κ1) is 20.0. The molecule has 154 valence electrons. The van der Waals surface area contributed by atoms with Gasteiger partial charge in [-0.2, -0.15) is 4.98 Å². The third kappa shape index (κ3) is 3.46. The van der Waals surface area contributed by atoms with E-state index in [1.165, 1.54) is 13.5 Å². The van der Waals surface area contributed by atoms with Gasteiger partial charge in [0.25, 0.3) is 5.56 Å². The second-order valence-electron chi connectivity index (χ2n) is 7.34. The molecule has 1 aromatic carbocycles. The average molecular weight is 436 g/mol. The second kappa shape index (κ2) is 7.88. The predicted octanol–water partition coefficient (Wildman–Crippen LogP) is 3.26. The number of nitrogens with zero attached hydrogens (tertiary/aromatic N) is 5. The van der Waals surface area contributed by atoms with E-state index in [-0.39, 0.29) is 11.2 Å². The zero-order valence-electron chi connectivity index (χ0n) is 16.5. The van der Waals surface area contributed by atoms with Crippen LogP contribution in [0.5, 0.6) is 0 Å². The van der Waals surface area contributed by atoms with Gasteiger partial charge in [0.05, 0.1) is 6.54 Å². The molecule has 2 aromatic heterocycles. The smallest absolute Gasteiger partial charge is 0.332 e. The van der Waals surface area contributed by atoms with Gasteiger partial charge in [0, 0.05) is 36.7 Å². The molecule has 1 saturated heterocycles. The van der Waals surface area contributed by atoms with Crippen LogP contribution in [-0.2, 0) is 20.1 Å². The van der Waals surface area contributed by atoms with Crippen molar-refractivity contribution in [3.8, 4) is 0 Å². The van der Waals surface area contributed by atoms with E-state index in [9.17, 15) is 9.59 Å². The van der Waals surface area contributed by atoms with Crippen molar-refractivity contribution in [2.75, 3.05) is 18.0 Å². The molecular formula is C20H23Cl2N5O2. The van der Waals surface area contributed by atoms with Crippen LogP contribution in [0.2, 0.25) is 10.0 Å². The van der Waals surface area contributed by atoms with E-state index >= 15 is 0 Å². The molecule has 0 spiro atoms. The summed E-state index contributed by atoms with van der Waals surface area (Å²) in [4.78, 5) is 32.7. The monoisotopic (exact) mass is 435 g/mol. The number of fused-ring (bicyclic) bond motifs is 1. The highest BCUT2D eigenvalue weighted by molar-refractivity contribution is 6.33. The Labute approximate surface area is 178 Å². The first-order valence-corrected chi connectivity index (χ1v) is 10.6. The van der Waals surface area contributed by atoms with Crippen molar-refractivity contribution in [1.29, 1.82) is 0 Å². The second-order valence-corrected chi connectivity index (χ2v) is 8.19. The van der Waals surface area contributed by atoms with Crippen LogP contribution in [0, 0.1) is 0 Å². The van der Waals surface area contributed by atoms with Gasteiger partial charge in [-0.1, -0.05) is 23.2 Å². The molecule has 1 aliphatic rings. The van der Waals surface area contributed by atoms with E-state index in [1.807, 2.05) is 11.5 Å². The Balaban J connectivity index is 2.01. The lowest BCUT2D eigenvalue weighted by molar-refractivity contribution is 0.560. The van der Waals surface area contributed by atoms with Crippen molar-refractivity contribution in [3.05, 3.63) is 54.6 Å². The van der Waals surface area contributed by atoms with E-state index in [0.29, 0.717) is 40.2 Å². The molecule has 1 fully saturated rings. The van der Waals surface area contributed by atoms with Crippen LogP contribution in [0.25, 0.3) is 11.2 Å². The number of aryl methyl sites for hydroxylation is 1. The van der Waals surface area contributed by atoms with E-state index < -0.39 is 0 Å². The lowest BCUT2D eigenvalue weighted by atomic mass is 10.1. The Morgan fingerprint density at radius 1 is 1.07 bits per heavy atom. The van der Waals surface area contributed by atoms with Crippen molar-refractivity contribution in [2.24, 2.45) is 7.05 Å². The fourth-order valence-electron chi connectivity index (χ4n) is 3.95. The quantitative estimate of drug-likeness (QED) is 0.630. The first-order valence-electron chi connectivity index (χ1n) is 9.81. The molecule has 9 heteroatoms. The molecule has 4 rings (SSSR count). The van der Waals surface area contributed by atoms with E-state index in [1.54, 1.807) is 22.8 Å². The Kier molecular flexibility index (Phi) is 5.44. The summed E-state index contributed by atoms with van der Waals surface area (Å²) in [6, 6.07) is 5.29. The van der Waals surface area contributed by atoms with E-state index in [0.717, 1.165) is 36.1 Å². The number of hydrogen-bond acceptors (Lipinski definition) is 4. The highest BCUT2D eigenvalue weighted by Gasteiger charge is 2.24. The van der Waals surface area contributed by atoms with E-state index in [2.05, 4.69) is 4.90 Å². The molecule has 0 unspecified atom stereocenters. The number of halogens is 2. The van der Waals surface area contributed by atoms with Crippen LogP contribution in [0.3, 0.4) is 0 Å². The normalized spacial score (nSPS) is 14.7. The van der Waals surface area contributed by atoms with Crippen LogP contribution < -0.4 is 16.1 Å². The number of piperidine rings is 1. The lowest BCUT2D eigenvalue weighted by Gasteiger charge is -2.28. The molecule has 3 aromatic rings. The standard InChI is InChI=1S/C20H23Cl2N5O2/c1-3-26-17-16(18(28)24(2)20(26)29)27(12-13-11-14(21)7-8-15(13)22)19(23-17)25-9-5-4-6-10-25/h7-8,11H,3-6,9-10,12H2,1-2H3. The average Bonchev–Trinajstić information content (AvgIpc) is 3.09. The Bertz CT molecular complexity index is 1190. The largest absolute Gasteiger partial charge is 0.342 e. The van der Waals surface area contributed by atoms with Gasteiger partial charge in [0.15, 0.2) is 11.2 Å². The van der Waals surface area contributed by atoms with Gasteiger partial charge >= 0.3 is 5.69 Å². The number of aromatic nitrogens is 4. The highest BCUT2D eigenvalue weighted by Crippen LogP contribution is 2.27. The Morgan fingerprint density at radius 3 is 2.48 bits per heavy atom. The summed E-state index contributed by atoms with van der Waals surface area (Å²) in [6.45, 7) is 4.38. The highest BCUT2D eigenvalue weighted by atomic mass is 35.5. The third-order valence-electron chi connectivity index (χ3n) is 5.50. The Hall–Kier alpha value is -2.25. The number of anilines is 1. The molecule has 0 bridgehead atoms. The SMILES string of the molecule is CCn1c(=O)n(C)c(=O)c2c1nc(N1CCCCC1)n2Cc1cc(Cl)ccc1Cl. The summed E-state index contributed by atoms with van der Waals surface area (Å²) in [7, 11) is 1.50. The number of hydrogen-bond donors (Lipinski definition) is 0. The molecule has 3 heterocycles. The molecule has 0 atom stereocenters. The van der Waals surface area contributed by atoms with Gasteiger partial charge in [-0.25, -0.2) is 4.79 Å². The van der Waals surface area contributed by atoms with Gasteiger partial charge in [-0.3, -0.25) is 18.5 Å². The molecule has 7 nitrogen and oxygen atoms in total. The first-order chi connectivity index (χ1) is 13.9. The van der Waals surface area contributed by atoms with Crippen LogP contribution >= 0.6 is 23.2 Å². The van der Waals surface area contributed by atoms with Crippen molar-refractivity contribution in [3.63, 3.8) is 0 Å². The minimum absolute atomic E-state index is 0.346. The molecule has 0 amide bonds. The third-order valence-corrected chi connectivity index (χ3v) is 6.10. The summed E-state index contributed by atoms with van der Waals surface area (Å²) >= 11 is 12.6. The summed E-state index contributed by atoms with van der Waals surface area (Å²) in [5.74, 6) is 0.695. The zero-order chi connectivity index (χ0) is 20.7. The van der Waals surface area contributed by atoms with Crippen LogP contribution in [0.4, 0.5) is 5.95 Å². The molecule has 1 aliphatic heterocycles. The van der Waals surface area contributed by atoms with Crippen molar-refractivity contribution < 1.29 is 0 Å². The van der Waals surface area contributed by atoms with Gasteiger partial charge in [0.1, 0.15) is 0 Å². The molecule has 0 aliphatic carbocycles. The maximum absolute atomic E-state index is 13.1. The van der Waals surface area contributed by atoms with E-state index in [4.69, 9.17) is 28.2 Å². The van der Waals surface area contributed by atoms with Crippen LogP contribution in [-0.4, -0.2) is 31.8 Å². The van der Waals surface area contributed by atoms with Crippen molar-refractivity contribution >= 4 is 40.3 Å². The topological polar surface area (TPSA) is 65.1 Å². The summed E-state index contributed by atoms with van der Waals surface area (Å²) < 4.78 is 4.57. The maximum Gasteiger partial charge on any atom is 0.332 e. The van der Waals surface area contributed by atoms with Crippen LogP contribution in [0.1, 0.15) is 31.7 Å². The molecule has 0 saturated carbocycles. The number of imidazole rings is 1. The lowest BCUT2D eigenvalue weighted by Crippen LogP contribution is -2.38. The number of benzene rings is 1. The maximum atomic E-state index is 13.1. The van der Waals surface area contributed by atoms with Gasteiger partial charge in [-0.15, -0.1) is 0 Å². The predicted molar refractivity (Wildman–Crippen MR) is 117 cm³/mol. The molecule has 29 heavy (non-hydrogen) atoms. The zero-order valence-corrected chi connectivity index (χ0v) is 18.0. The van der Waals surface area contributed by atoms with Crippen molar-refractivity contribution in [2.45, 2.75) is 39.3 Å².